The molecule has 4 aromatic rings. The van der Waals surface area contributed by atoms with Gasteiger partial charge in [-0.3, -0.25) is 14.5 Å². The number of aliphatic hydroxyl groups is 1. The Labute approximate surface area is 302 Å². The molecule has 0 aliphatic carbocycles. The maximum Gasteiger partial charge on any atom is 0.408 e. The third-order valence-electron chi connectivity index (χ3n) is 9.84. The van der Waals surface area contributed by atoms with Gasteiger partial charge in [-0.25, -0.2) is 19.7 Å². The van der Waals surface area contributed by atoms with E-state index in [4.69, 9.17) is 14.2 Å². The first-order valence-electron chi connectivity index (χ1n) is 17.5. The topological polar surface area (TPSA) is 147 Å². The SMILES string of the molecule is C[C@@H]1[C@H](CN2CCN(c3ncccn3)CC2)O[C@H](c2ccc(N3C(=O)CC(NC(=O)OCc4ccccc4)C3=O)cc2)O[C@@H]1c1ccc(CO)cc1. The van der Waals surface area contributed by atoms with E-state index in [0.717, 1.165) is 59.3 Å². The Morgan fingerprint density at radius 1 is 0.865 bits per heavy atom. The number of alkyl carbamates (subject to hydrolysis) is 1. The molecular weight excluding hydrogens is 664 g/mol. The van der Waals surface area contributed by atoms with Gasteiger partial charge in [-0.2, -0.15) is 0 Å². The van der Waals surface area contributed by atoms with Gasteiger partial charge in [-0.05, 0) is 34.9 Å². The Kier molecular flexibility index (Phi) is 10.8. The summed E-state index contributed by atoms with van der Waals surface area (Å²) < 4.78 is 18.5. The number of nitrogens with one attached hydrogen (secondary N) is 1. The van der Waals surface area contributed by atoms with Crippen molar-refractivity contribution in [3.63, 3.8) is 0 Å². The van der Waals surface area contributed by atoms with E-state index in [2.05, 4.69) is 32.0 Å². The van der Waals surface area contributed by atoms with Gasteiger partial charge in [-0.1, -0.05) is 73.7 Å². The second-order valence-electron chi connectivity index (χ2n) is 13.3. The van der Waals surface area contributed by atoms with Crippen molar-refractivity contribution in [1.82, 2.24) is 20.2 Å². The number of anilines is 2. The highest BCUT2D eigenvalue weighted by Crippen LogP contribution is 2.42. The normalized spacial score (nSPS) is 23.8. The predicted octanol–water partition coefficient (Wildman–Crippen LogP) is 4.14. The Balaban J connectivity index is 1.02. The second-order valence-corrected chi connectivity index (χ2v) is 13.3. The molecule has 13 heteroatoms. The van der Waals surface area contributed by atoms with Crippen molar-refractivity contribution in [1.29, 1.82) is 0 Å². The molecule has 0 radical (unpaired) electrons. The number of carbonyl (C=O) groups is 3. The minimum Gasteiger partial charge on any atom is -0.445 e. The van der Waals surface area contributed by atoms with Crippen LogP contribution in [0, 0.1) is 5.92 Å². The van der Waals surface area contributed by atoms with Crippen molar-refractivity contribution in [3.8, 4) is 0 Å². The largest absolute Gasteiger partial charge is 0.445 e. The van der Waals surface area contributed by atoms with E-state index in [0.29, 0.717) is 12.2 Å². The zero-order valence-corrected chi connectivity index (χ0v) is 28.9. The summed E-state index contributed by atoms with van der Waals surface area (Å²) in [6.45, 7) is 6.11. The van der Waals surface area contributed by atoms with Crippen LogP contribution in [0.25, 0.3) is 0 Å². The van der Waals surface area contributed by atoms with Crippen molar-refractivity contribution >= 4 is 29.5 Å². The predicted molar refractivity (Wildman–Crippen MR) is 191 cm³/mol. The second kappa shape index (κ2) is 16.0. The van der Waals surface area contributed by atoms with Gasteiger partial charge in [0.05, 0.1) is 30.9 Å². The van der Waals surface area contributed by atoms with Crippen LogP contribution in [0.3, 0.4) is 0 Å². The molecule has 0 bridgehead atoms. The number of hydrogen-bond donors (Lipinski definition) is 2. The van der Waals surface area contributed by atoms with Gasteiger partial charge in [0.15, 0.2) is 6.29 Å². The first kappa shape index (κ1) is 35.2. The lowest BCUT2D eigenvalue weighted by Crippen LogP contribution is -2.51. The fraction of sp³-hybridized carbons (Fsp3) is 0.359. The zero-order chi connectivity index (χ0) is 36.0. The van der Waals surface area contributed by atoms with E-state index >= 15 is 0 Å². The molecule has 52 heavy (non-hydrogen) atoms. The van der Waals surface area contributed by atoms with E-state index in [9.17, 15) is 19.5 Å². The molecule has 3 saturated heterocycles. The van der Waals surface area contributed by atoms with Crippen molar-refractivity contribution in [2.45, 2.75) is 51.1 Å². The molecule has 3 fully saturated rings. The van der Waals surface area contributed by atoms with E-state index in [1.807, 2.05) is 60.7 Å². The molecule has 0 spiro atoms. The molecule has 1 unspecified atom stereocenters. The first-order chi connectivity index (χ1) is 25.4. The van der Waals surface area contributed by atoms with Crippen molar-refractivity contribution in [3.05, 3.63) is 120 Å². The molecule has 1 aromatic heterocycles. The Hall–Kier alpha value is -5.21. The van der Waals surface area contributed by atoms with Crippen LogP contribution in [0.5, 0.6) is 0 Å². The molecule has 2 N–H and O–H groups in total. The van der Waals surface area contributed by atoms with Gasteiger partial charge in [-0.15, -0.1) is 0 Å². The summed E-state index contributed by atoms with van der Waals surface area (Å²) >= 11 is 0. The number of piperazine rings is 1. The van der Waals surface area contributed by atoms with E-state index < -0.39 is 30.2 Å². The third kappa shape index (κ3) is 7.97. The van der Waals surface area contributed by atoms with Crippen LogP contribution in [0.2, 0.25) is 0 Å². The van der Waals surface area contributed by atoms with Crippen LogP contribution in [0.4, 0.5) is 16.4 Å². The average molecular weight is 707 g/mol. The van der Waals surface area contributed by atoms with Crippen LogP contribution in [0.1, 0.15) is 48.0 Å². The maximum atomic E-state index is 13.3. The molecule has 13 nitrogen and oxygen atoms in total. The molecule has 4 heterocycles. The summed E-state index contributed by atoms with van der Waals surface area (Å²) in [5, 5.41) is 12.1. The van der Waals surface area contributed by atoms with Crippen molar-refractivity contribution < 1.29 is 33.7 Å². The minimum absolute atomic E-state index is 0.00893. The summed E-state index contributed by atoms with van der Waals surface area (Å²) in [5.41, 5.74) is 3.74. The molecule has 3 aliphatic heterocycles. The number of ether oxygens (including phenoxy) is 3. The van der Waals surface area contributed by atoms with Gasteiger partial charge >= 0.3 is 6.09 Å². The lowest BCUT2D eigenvalue weighted by molar-refractivity contribution is -0.276. The van der Waals surface area contributed by atoms with Crippen LogP contribution >= 0.6 is 0 Å². The standard InChI is InChI=1S/C39H42N6O7/c1-26-33(23-43-18-20-44(21-19-43)38-40-16-5-17-41-38)51-37(52-35(26)29-10-8-27(24-46)9-11-29)30-12-14-31(15-13-30)45-34(47)22-32(36(45)48)42-39(49)50-25-28-6-3-2-4-7-28/h2-17,26,32-33,35,37,46H,18-25H2,1H3,(H,42,49)/t26-,32?,33+,35+,37+/m1/s1. The van der Waals surface area contributed by atoms with Crippen molar-refractivity contribution in [2.75, 3.05) is 42.5 Å². The Morgan fingerprint density at radius 3 is 2.25 bits per heavy atom. The highest BCUT2D eigenvalue weighted by molar-refractivity contribution is 6.22. The van der Waals surface area contributed by atoms with Crippen LogP contribution in [0.15, 0.2) is 97.3 Å². The number of carbonyl (C=O) groups excluding carboxylic acids is 3. The Morgan fingerprint density at radius 2 is 1.56 bits per heavy atom. The van der Waals surface area contributed by atoms with Crippen LogP contribution < -0.4 is 15.1 Å². The number of amides is 3. The molecule has 0 saturated carbocycles. The Bertz CT molecular complexity index is 1820. The van der Waals surface area contributed by atoms with Crippen LogP contribution in [-0.4, -0.2) is 82.8 Å². The summed E-state index contributed by atoms with van der Waals surface area (Å²) in [6, 6.07) is 24.7. The first-order valence-corrected chi connectivity index (χ1v) is 17.5. The summed E-state index contributed by atoms with van der Waals surface area (Å²) in [5.74, 6) is -0.206. The van der Waals surface area contributed by atoms with E-state index in [-0.39, 0.29) is 37.8 Å². The molecule has 3 amide bonds. The number of aliphatic hydroxyl groups excluding tert-OH is 1. The van der Waals surface area contributed by atoms with Gasteiger partial charge in [0.25, 0.3) is 5.91 Å². The van der Waals surface area contributed by atoms with Gasteiger partial charge in [0.2, 0.25) is 11.9 Å². The highest BCUT2D eigenvalue weighted by Gasteiger charge is 2.42. The number of aromatic nitrogens is 2. The van der Waals surface area contributed by atoms with Gasteiger partial charge in [0, 0.05) is 56.6 Å². The molecular formula is C39H42N6O7. The number of hydrogen-bond acceptors (Lipinski definition) is 11. The van der Waals surface area contributed by atoms with E-state index in [1.165, 1.54) is 0 Å². The average Bonchev–Trinajstić information content (AvgIpc) is 3.47. The highest BCUT2D eigenvalue weighted by atomic mass is 16.7. The lowest BCUT2D eigenvalue weighted by atomic mass is 9.90. The fourth-order valence-electron chi connectivity index (χ4n) is 6.87. The summed E-state index contributed by atoms with van der Waals surface area (Å²) in [4.78, 5) is 53.2. The fourth-order valence-corrected chi connectivity index (χ4v) is 6.87. The molecule has 3 aliphatic rings. The smallest absolute Gasteiger partial charge is 0.408 e. The number of imide groups is 1. The molecule has 3 aromatic carbocycles. The number of nitrogens with zero attached hydrogens (tertiary/aromatic N) is 5. The summed E-state index contributed by atoms with van der Waals surface area (Å²) in [7, 11) is 0. The zero-order valence-electron chi connectivity index (χ0n) is 28.9. The summed E-state index contributed by atoms with van der Waals surface area (Å²) in [6.07, 6.45) is 1.41. The number of rotatable bonds is 10. The number of benzene rings is 3. The molecule has 270 valence electrons. The monoisotopic (exact) mass is 706 g/mol. The van der Waals surface area contributed by atoms with E-state index in [1.54, 1.807) is 36.7 Å². The third-order valence-corrected chi connectivity index (χ3v) is 9.84. The van der Waals surface area contributed by atoms with Gasteiger partial charge in [0.1, 0.15) is 12.6 Å². The van der Waals surface area contributed by atoms with Crippen molar-refractivity contribution in [2.24, 2.45) is 5.92 Å². The van der Waals surface area contributed by atoms with Gasteiger partial charge < -0.3 is 29.5 Å². The minimum atomic E-state index is -1.03. The molecule has 5 atom stereocenters. The maximum absolute atomic E-state index is 13.3. The van der Waals surface area contributed by atoms with Crippen LogP contribution in [-0.2, 0) is 37.0 Å². The quantitative estimate of drug-likeness (QED) is 0.230. The molecule has 7 rings (SSSR count). The lowest BCUT2D eigenvalue weighted by Gasteiger charge is -2.44.